The highest BCUT2D eigenvalue weighted by molar-refractivity contribution is 5.81. The monoisotopic (exact) mass is 297 g/mol. The van der Waals surface area contributed by atoms with Crippen LogP contribution in [0, 0.1) is 18.6 Å². The number of aromatic amines is 1. The fraction of sp³-hybridized carbons (Fsp3) is 0.0556. The van der Waals surface area contributed by atoms with Gasteiger partial charge in [0, 0.05) is 16.7 Å². The molecule has 0 saturated heterocycles. The minimum Gasteiger partial charge on any atom is -0.321 e. The van der Waals surface area contributed by atoms with Gasteiger partial charge in [-0.1, -0.05) is 24.3 Å². The SMILES string of the molecule is Cc1cc(-c2cccc(F)c2)c(-c2cccc(F)c2)[nH]c1=O. The highest BCUT2D eigenvalue weighted by Gasteiger charge is 2.12. The Balaban J connectivity index is 2.30. The molecule has 1 heterocycles. The van der Waals surface area contributed by atoms with Crippen LogP contribution >= 0.6 is 0 Å². The second-order valence-corrected chi connectivity index (χ2v) is 5.09. The Kier molecular flexibility index (Phi) is 3.59. The molecule has 22 heavy (non-hydrogen) atoms. The van der Waals surface area contributed by atoms with Crippen molar-refractivity contribution in [2.24, 2.45) is 0 Å². The highest BCUT2D eigenvalue weighted by atomic mass is 19.1. The second kappa shape index (κ2) is 5.56. The molecule has 4 heteroatoms. The van der Waals surface area contributed by atoms with Gasteiger partial charge in [-0.3, -0.25) is 4.79 Å². The van der Waals surface area contributed by atoms with Crippen molar-refractivity contribution in [1.82, 2.24) is 4.98 Å². The van der Waals surface area contributed by atoms with Gasteiger partial charge in [-0.25, -0.2) is 8.78 Å². The molecule has 0 aliphatic carbocycles. The predicted molar refractivity (Wildman–Crippen MR) is 82.6 cm³/mol. The molecule has 0 atom stereocenters. The van der Waals surface area contributed by atoms with E-state index < -0.39 is 5.82 Å². The van der Waals surface area contributed by atoms with E-state index in [4.69, 9.17) is 0 Å². The van der Waals surface area contributed by atoms with E-state index in [2.05, 4.69) is 4.98 Å². The molecule has 0 bridgehead atoms. The molecule has 0 saturated carbocycles. The number of H-pyrrole nitrogens is 1. The molecule has 1 aromatic heterocycles. The first-order valence-corrected chi connectivity index (χ1v) is 6.80. The molecule has 2 nitrogen and oxygen atoms in total. The largest absolute Gasteiger partial charge is 0.321 e. The lowest BCUT2D eigenvalue weighted by Crippen LogP contribution is -2.11. The standard InChI is InChI=1S/C18H13F2NO/c1-11-8-16(12-4-2-6-14(19)9-12)17(21-18(11)22)13-5-3-7-15(20)10-13/h2-10H,1H3,(H,21,22). The lowest BCUT2D eigenvalue weighted by Gasteiger charge is -2.11. The summed E-state index contributed by atoms with van der Waals surface area (Å²) >= 11 is 0. The third-order valence-corrected chi connectivity index (χ3v) is 3.48. The van der Waals surface area contributed by atoms with E-state index in [9.17, 15) is 13.6 Å². The molecule has 0 aliphatic heterocycles. The third-order valence-electron chi connectivity index (χ3n) is 3.48. The number of hydrogen-bond donors (Lipinski definition) is 1. The average Bonchev–Trinajstić information content (AvgIpc) is 2.49. The predicted octanol–water partition coefficient (Wildman–Crippen LogP) is 4.30. The lowest BCUT2D eigenvalue weighted by atomic mass is 9.98. The summed E-state index contributed by atoms with van der Waals surface area (Å²) in [6.07, 6.45) is 0. The van der Waals surface area contributed by atoms with Gasteiger partial charge in [-0.15, -0.1) is 0 Å². The first-order chi connectivity index (χ1) is 10.5. The van der Waals surface area contributed by atoms with Crippen LogP contribution in [0.3, 0.4) is 0 Å². The van der Waals surface area contributed by atoms with Crippen LogP contribution in [0.2, 0.25) is 0 Å². The number of rotatable bonds is 2. The van der Waals surface area contributed by atoms with Gasteiger partial charge in [-0.05, 0) is 42.8 Å². The summed E-state index contributed by atoms with van der Waals surface area (Å²) in [6, 6.07) is 13.7. The highest BCUT2D eigenvalue weighted by Crippen LogP contribution is 2.30. The van der Waals surface area contributed by atoms with Gasteiger partial charge in [0.05, 0.1) is 5.69 Å². The topological polar surface area (TPSA) is 32.9 Å². The van der Waals surface area contributed by atoms with Crippen molar-refractivity contribution in [3.05, 3.63) is 82.1 Å². The first-order valence-electron chi connectivity index (χ1n) is 6.80. The second-order valence-electron chi connectivity index (χ2n) is 5.09. The molecule has 3 rings (SSSR count). The van der Waals surface area contributed by atoms with Gasteiger partial charge in [-0.2, -0.15) is 0 Å². The van der Waals surface area contributed by atoms with Gasteiger partial charge >= 0.3 is 0 Å². The number of pyridine rings is 1. The Morgan fingerprint density at radius 2 is 1.45 bits per heavy atom. The zero-order chi connectivity index (χ0) is 15.7. The molecule has 0 fully saturated rings. The van der Waals surface area contributed by atoms with Gasteiger partial charge in [0.25, 0.3) is 5.56 Å². The van der Waals surface area contributed by atoms with Crippen molar-refractivity contribution >= 4 is 0 Å². The zero-order valence-electron chi connectivity index (χ0n) is 11.9. The minimum absolute atomic E-state index is 0.251. The van der Waals surface area contributed by atoms with Crippen molar-refractivity contribution < 1.29 is 8.78 Å². The van der Waals surface area contributed by atoms with Gasteiger partial charge in [0.1, 0.15) is 11.6 Å². The van der Waals surface area contributed by atoms with E-state index in [0.29, 0.717) is 27.9 Å². The molecular formula is C18H13F2NO. The summed E-state index contributed by atoms with van der Waals surface area (Å²) in [4.78, 5) is 14.7. The number of hydrogen-bond acceptors (Lipinski definition) is 1. The van der Waals surface area contributed by atoms with Crippen LogP contribution in [0.25, 0.3) is 22.4 Å². The molecule has 3 aromatic rings. The van der Waals surface area contributed by atoms with Crippen molar-refractivity contribution in [2.75, 3.05) is 0 Å². The van der Waals surface area contributed by atoms with Crippen LogP contribution in [-0.2, 0) is 0 Å². The number of benzene rings is 2. The Morgan fingerprint density at radius 1 is 0.864 bits per heavy atom. The number of aromatic nitrogens is 1. The Morgan fingerprint density at radius 3 is 2.09 bits per heavy atom. The van der Waals surface area contributed by atoms with Crippen LogP contribution in [0.4, 0.5) is 8.78 Å². The Bertz CT molecular complexity index is 900. The Labute approximate surface area is 126 Å². The summed E-state index contributed by atoms with van der Waals surface area (Å²) in [5.41, 5.74) is 2.55. The summed E-state index contributed by atoms with van der Waals surface area (Å²) < 4.78 is 27.0. The molecule has 1 N–H and O–H groups in total. The van der Waals surface area contributed by atoms with E-state index >= 15 is 0 Å². The van der Waals surface area contributed by atoms with Crippen LogP contribution in [-0.4, -0.2) is 4.98 Å². The van der Waals surface area contributed by atoms with Crippen molar-refractivity contribution in [3.63, 3.8) is 0 Å². The number of nitrogens with one attached hydrogen (secondary N) is 1. The summed E-state index contributed by atoms with van der Waals surface area (Å²) in [6.45, 7) is 1.68. The fourth-order valence-electron chi connectivity index (χ4n) is 2.39. The molecule has 0 unspecified atom stereocenters. The minimum atomic E-state index is -0.399. The molecular weight excluding hydrogens is 284 g/mol. The van der Waals surface area contributed by atoms with E-state index in [-0.39, 0.29) is 11.4 Å². The summed E-state index contributed by atoms with van der Waals surface area (Å²) in [7, 11) is 0. The molecule has 0 amide bonds. The zero-order valence-corrected chi connectivity index (χ0v) is 11.9. The normalized spacial score (nSPS) is 10.7. The van der Waals surface area contributed by atoms with E-state index in [1.807, 2.05) is 0 Å². The molecule has 0 aliphatic rings. The molecule has 0 radical (unpaired) electrons. The van der Waals surface area contributed by atoms with Crippen LogP contribution in [0.15, 0.2) is 59.4 Å². The van der Waals surface area contributed by atoms with Crippen LogP contribution < -0.4 is 5.56 Å². The summed E-state index contributed by atoms with van der Waals surface area (Å²) in [5.74, 6) is -0.768. The first kappa shape index (κ1) is 14.2. The molecule has 0 spiro atoms. The quantitative estimate of drug-likeness (QED) is 0.751. The maximum atomic E-state index is 13.5. The van der Waals surface area contributed by atoms with E-state index in [1.165, 1.54) is 24.3 Å². The lowest BCUT2D eigenvalue weighted by molar-refractivity contribution is 0.627. The maximum absolute atomic E-state index is 13.5. The third kappa shape index (κ3) is 2.68. The average molecular weight is 297 g/mol. The van der Waals surface area contributed by atoms with Crippen molar-refractivity contribution in [3.8, 4) is 22.4 Å². The van der Waals surface area contributed by atoms with E-state index in [0.717, 1.165) is 0 Å². The number of aryl methyl sites for hydroxylation is 1. The van der Waals surface area contributed by atoms with Gasteiger partial charge < -0.3 is 4.98 Å². The van der Waals surface area contributed by atoms with Crippen LogP contribution in [0.1, 0.15) is 5.56 Å². The molecule has 110 valence electrons. The van der Waals surface area contributed by atoms with E-state index in [1.54, 1.807) is 37.3 Å². The Hall–Kier alpha value is -2.75. The van der Waals surface area contributed by atoms with Gasteiger partial charge in [0.15, 0.2) is 0 Å². The van der Waals surface area contributed by atoms with Crippen molar-refractivity contribution in [2.45, 2.75) is 6.92 Å². The molecule has 2 aromatic carbocycles. The van der Waals surface area contributed by atoms with Gasteiger partial charge in [0.2, 0.25) is 0 Å². The fourth-order valence-corrected chi connectivity index (χ4v) is 2.39. The smallest absolute Gasteiger partial charge is 0.251 e. The van der Waals surface area contributed by atoms with Crippen molar-refractivity contribution in [1.29, 1.82) is 0 Å². The van der Waals surface area contributed by atoms with Crippen LogP contribution in [0.5, 0.6) is 0 Å². The summed E-state index contributed by atoms with van der Waals surface area (Å²) in [5, 5.41) is 0. The number of halogens is 2. The maximum Gasteiger partial charge on any atom is 0.251 e.